The van der Waals surface area contributed by atoms with Crippen LogP contribution in [0.2, 0.25) is 10.0 Å². The molecule has 13 nitrogen and oxygen atoms in total. The quantitative estimate of drug-likeness (QED) is 0.295. The number of ether oxygens (including phenoxy) is 7. The zero-order chi connectivity index (χ0) is 28.4. The van der Waals surface area contributed by atoms with E-state index < -0.39 is 80.2 Å². The van der Waals surface area contributed by atoms with Crippen LogP contribution in [-0.2, 0) is 52.4 Å². The Labute approximate surface area is 227 Å². The summed E-state index contributed by atoms with van der Waals surface area (Å²) in [5.41, 5.74) is 0. The van der Waals surface area contributed by atoms with Gasteiger partial charge in [0.25, 0.3) is 5.91 Å². The van der Waals surface area contributed by atoms with Crippen molar-refractivity contribution in [2.75, 3.05) is 26.9 Å². The Morgan fingerprint density at radius 3 is 2.21 bits per heavy atom. The molecule has 1 aromatic carbocycles. The molecular formula is C23H27Cl2NO12. The number of nitrogens with one attached hydrogen (secondary N) is 1. The number of methoxy groups -OCH3 is 1. The van der Waals surface area contributed by atoms with Gasteiger partial charge in [-0.3, -0.25) is 19.2 Å². The van der Waals surface area contributed by atoms with Gasteiger partial charge in [-0.15, -0.1) is 0 Å². The highest BCUT2D eigenvalue weighted by molar-refractivity contribution is 6.35. The highest BCUT2D eigenvalue weighted by atomic mass is 35.5. The fourth-order valence-electron chi connectivity index (χ4n) is 3.37. The van der Waals surface area contributed by atoms with Crippen LogP contribution in [0.25, 0.3) is 0 Å². The normalized spacial score (nSPS) is 22.5. The van der Waals surface area contributed by atoms with Crippen LogP contribution in [0.1, 0.15) is 20.8 Å². The molecule has 5 unspecified atom stereocenters. The maximum atomic E-state index is 12.8. The molecule has 1 fully saturated rings. The van der Waals surface area contributed by atoms with E-state index in [1.807, 2.05) is 0 Å². The van der Waals surface area contributed by atoms with E-state index in [1.54, 1.807) is 0 Å². The fraction of sp³-hybridized carbons (Fsp3) is 0.522. The first-order chi connectivity index (χ1) is 17.9. The van der Waals surface area contributed by atoms with Gasteiger partial charge in [-0.2, -0.15) is 0 Å². The lowest BCUT2D eigenvalue weighted by molar-refractivity contribution is -0.274. The smallest absolute Gasteiger partial charge is 0.331 e. The van der Waals surface area contributed by atoms with Crippen LogP contribution in [0.5, 0.6) is 5.75 Å². The minimum atomic E-state index is -1.51. The highest BCUT2D eigenvalue weighted by Crippen LogP contribution is 2.29. The Bertz CT molecular complexity index is 1040. The Morgan fingerprint density at radius 1 is 0.947 bits per heavy atom. The van der Waals surface area contributed by atoms with Gasteiger partial charge in [-0.05, 0) is 18.2 Å². The summed E-state index contributed by atoms with van der Waals surface area (Å²) in [5.74, 6) is -3.59. The summed E-state index contributed by atoms with van der Waals surface area (Å²) in [4.78, 5) is 59.8. The lowest BCUT2D eigenvalue weighted by atomic mass is 9.96. The Hall–Kier alpha value is -3.13. The lowest BCUT2D eigenvalue weighted by Gasteiger charge is -2.44. The van der Waals surface area contributed by atoms with Crippen LogP contribution in [0.4, 0.5) is 0 Å². The monoisotopic (exact) mass is 579 g/mol. The van der Waals surface area contributed by atoms with Gasteiger partial charge in [0.15, 0.2) is 12.7 Å². The van der Waals surface area contributed by atoms with Gasteiger partial charge in [0.2, 0.25) is 6.29 Å². The third-order valence-electron chi connectivity index (χ3n) is 4.88. The van der Waals surface area contributed by atoms with Gasteiger partial charge in [0.1, 0.15) is 37.2 Å². The molecule has 1 aliphatic heterocycles. The first-order valence-electron chi connectivity index (χ1n) is 11.1. The van der Waals surface area contributed by atoms with Gasteiger partial charge in [0.05, 0.1) is 12.1 Å². The second kappa shape index (κ2) is 14.7. The van der Waals surface area contributed by atoms with Gasteiger partial charge < -0.3 is 38.5 Å². The molecule has 2 rings (SSSR count). The van der Waals surface area contributed by atoms with E-state index in [0.717, 1.165) is 27.9 Å². The predicted molar refractivity (Wildman–Crippen MR) is 128 cm³/mol. The van der Waals surface area contributed by atoms with Crippen molar-refractivity contribution >= 4 is 53.0 Å². The fourth-order valence-corrected chi connectivity index (χ4v) is 3.84. The topological polar surface area (TPSA) is 162 Å². The van der Waals surface area contributed by atoms with Crippen molar-refractivity contribution < 1.29 is 57.1 Å². The molecule has 0 radical (unpaired) electrons. The van der Waals surface area contributed by atoms with Gasteiger partial charge in [-0.25, -0.2) is 4.79 Å². The Kier molecular flexibility index (Phi) is 12.0. The third-order valence-corrected chi connectivity index (χ3v) is 5.41. The molecular weight excluding hydrogens is 553 g/mol. The van der Waals surface area contributed by atoms with E-state index in [9.17, 15) is 24.0 Å². The molecule has 5 atom stereocenters. The van der Waals surface area contributed by atoms with E-state index in [0.29, 0.717) is 5.02 Å². The molecule has 1 N–H and O–H groups in total. The van der Waals surface area contributed by atoms with E-state index in [-0.39, 0.29) is 10.8 Å². The molecule has 210 valence electrons. The van der Waals surface area contributed by atoms with Crippen molar-refractivity contribution in [1.29, 1.82) is 0 Å². The number of carbonyl (C=O) groups is 5. The molecule has 1 heterocycles. The van der Waals surface area contributed by atoms with Crippen molar-refractivity contribution in [3.63, 3.8) is 0 Å². The van der Waals surface area contributed by atoms with E-state index in [2.05, 4.69) is 10.1 Å². The summed E-state index contributed by atoms with van der Waals surface area (Å²) in [6, 6.07) is 3.07. The Morgan fingerprint density at radius 2 is 1.63 bits per heavy atom. The molecule has 15 heteroatoms. The molecule has 0 bridgehead atoms. The maximum Gasteiger partial charge on any atom is 0.331 e. The molecule has 1 aliphatic rings. The molecule has 1 amide bonds. The number of hydrogen-bond acceptors (Lipinski definition) is 12. The van der Waals surface area contributed by atoms with Crippen molar-refractivity contribution in [3.05, 3.63) is 28.2 Å². The minimum Gasteiger partial charge on any atom is -0.482 e. The zero-order valence-corrected chi connectivity index (χ0v) is 22.4. The average molecular weight is 580 g/mol. The summed E-state index contributed by atoms with van der Waals surface area (Å²) in [6.07, 6.45) is -5.36. The first kappa shape index (κ1) is 31.1. The molecule has 0 aliphatic carbocycles. The number of halogens is 2. The van der Waals surface area contributed by atoms with Crippen LogP contribution >= 0.6 is 23.2 Å². The Balaban J connectivity index is 2.34. The summed E-state index contributed by atoms with van der Waals surface area (Å²) in [5, 5.41) is 3.07. The van der Waals surface area contributed by atoms with Crippen LogP contribution in [0.15, 0.2) is 18.2 Å². The van der Waals surface area contributed by atoms with Crippen LogP contribution in [0, 0.1) is 0 Å². The highest BCUT2D eigenvalue weighted by Gasteiger charge is 2.51. The van der Waals surface area contributed by atoms with Crippen LogP contribution in [0.3, 0.4) is 0 Å². The van der Waals surface area contributed by atoms with Crippen molar-refractivity contribution in [1.82, 2.24) is 5.32 Å². The summed E-state index contributed by atoms with van der Waals surface area (Å²) >= 11 is 11.9. The lowest BCUT2D eigenvalue weighted by Crippen LogP contribution is -2.67. The van der Waals surface area contributed by atoms with E-state index in [1.165, 1.54) is 18.2 Å². The number of amides is 1. The zero-order valence-electron chi connectivity index (χ0n) is 20.9. The molecule has 0 spiro atoms. The largest absolute Gasteiger partial charge is 0.482 e. The summed E-state index contributed by atoms with van der Waals surface area (Å²) < 4.78 is 37.0. The number of benzene rings is 1. The molecule has 0 aromatic heterocycles. The number of carbonyl (C=O) groups excluding carboxylic acids is 5. The number of hydrogen-bond donors (Lipinski definition) is 1. The minimum absolute atomic E-state index is 0.159. The van der Waals surface area contributed by atoms with Gasteiger partial charge >= 0.3 is 23.9 Å². The number of esters is 4. The van der Waals surface area contributed by atoms with Crippen LogP contribution in [-0.4, -0.2) is 87.4 Å². The first-order valence-corrected chi connectivity index (χ1v) is 11.9. The number of rotatable bonds is 11. The van der Waals surface area contributed by atoms with Crippen molar-refractivity contribution in [3.8, 4) is 5.75 Å². The second-order valence-corrected chi connectivity index (χ2v) is 8.68. The van der Waals surface area contributed by atoms with Crippen LogP contribution < -0.4 is 10.1 Å². The van der Waals surface area contributed by atoms with E-state index in [4.69, 9.17) is 51.6 Å². The molecule has 0 saturated carbocycles. The molecule has 38 heavy (non-hydrogen) atoms. The van der Waals surface area contributed by atoms with Gasteiger partial charge in [0, 0.05) is 25.8 Å². The van der Waals surface area contributed by atoms with Gasteiger partial charge in [-0.1, -0.05) is 23.2 Å². The molecule has 1 aromatic rings. The second-order valence-electron chi connectivity index (χ2n) is 7.84. The summed E-state index contributed by atoms with van der Waals surface area (Å²) in [6.45, 7) is 1.74. The molecule has 1 saturated heterocycles. The van der Waals surface area contributed by atoms with Crippen molar-refractivity contribution in [2.24, 2.45) is 0 Å². The van der Waals surface area contributed by atoms with E-state index >= 15 is 0 Å². The maximum absolute atomic E-state index is 12.8. The average Bonchev–Trinajstić information content (AvgIpc) is 2.82. The third kappa shape index (κ3) is 9.63. The predicted octanol–water partition coefficient (Wildman–Crippen LogP) is 1.20. The SMILES string of the molecule is COC(=O)COC1C(NC(=O)COc2ccc(Cl)cc2Cl)C(OC(C)=O)OC(COC(C)=O)C1OC(C)=O. The van der Waals surface area contributed by atoms with Crippen molar-refractivity contribution in [2.45, 2.75) is 51.4 Å². The summed E-state index contributed by atoms with van der Waals surface area (Å²) in [7, 11) is 1.13. The standard InChI is InChI=1S/C23H27Cl2NO12/c1-11(27)33-8-17-21(36-12(2)28)22(35-10-19(31)32-4)20(23(38-17)37-13(3)29)26-18(30)9-34-16-6-5-14(24)7-15(16)25/h5-7,17,20-23H,8-10H2,1-4H3,(H,26,30).